The summed E-state index contributed by atoms with van der Waals surface area (Å²) in [5.74, 6) is 0. The van der Waals surface area contributed by atoms with Crippen LogP contribution in [-0.4, -0.2) is 0 Å². The second-order valence-corrected chi connectivity index (χ2v) is 15.5. The molecule has 0 unspecified atom stereocenters. The van der Waals surface area contributed by atoms with Crippen LogP contribution in [0.5, 0.6) is 0 Å². The molecule has 258 valence electrons. The van der Waals surface area contributed by atoms with E-state index >= 15 is 0 Å². The molecule has 1 aromatic heterocycles. The summed E-state index contributed by atoms with van der Waals surface area (Å²) in [6.45, 7) is 0. The lowest BCUT2D eigenvalue weighted by molar-refractivity contribution is 0.672. The highest BCUT2D eigenvalue weighted by Crippen LogP contribution is 2.63. The van der Waals surface area contributed by atoms with Gasteiger partial charge in [-0.1, -0.05) is 170 Å². The molecule has 13 rings (SSSR count). The predicted octanol–water partition coefficient (Wildman–Crippen LogP) is 14.7. The van der Waals surface area contributed by atoms with Crippen molar-refractivity contribution in [1.29, 1.82) is 0 Å². The lowest BCUT2D eigenvalue weighted by Crippen LogP contribution is -2.25. The minimum absolute atomic E-state index is 0.394. The zero-order chi connectivity index (χ0) is 36.5. The van der Waals surface area contributed by atoms with E-state index in [1.54, 1.807) is 0 Å². The average molecular weight is 709 g/mol. The van der Waals surface area contributed by atoms with Gasteiger partial charge in [-0.25, -0.2) is 0 Å². The molecule has 0 saturated carbocycles. The van der Waals surface area contributed by atoms with Crippen LogP contribution in [0, 0.1) is 0 Å². The van der Waals surface area contributed by atoms with Gasteiger partial charge in [-0.3, -0.25) is 0 Å². The molecule has 1 nitrogen and oxygen atoms in total. The maximum atomic E-state index is 6.55. The zero-order valence-corrected chi connectivity index (χ0v) is 30.4. The molecule has 1 heteroatoms. The minimum atomic E-state index is -0.394. The van der Waals surface area contributed by atoms with Crippen molar-refractivity contribution in [3.05, 3.63) is 216 Å². The summed E-state index contributed by atoms with van der Waals surface area (Å²) in [4.78, 5) is 0. The highest BCUT2D eigenvalue weighted by atomic mass is 16.3. The Hall–Kier alpha value is -7.22. The molecule has 0 radical (unpaired) electrons. The number of hydrogen-bond acceptors (Lipinski definition) is 1. The number of hydrogen-bond donors (Lipinski definition) is 0. The largest absolute Gasteiger partial charge is 0.455 e. The van der Waals surface area contributed by atoms with Crippen LogP contribution < -0.4 is 0 Å². The maximum absolute atomic E-state index is 6.55. The molecular weight excluding hydrogens is 677 g/mol. The fraction of sp³-hybridized carbons (Fsp3) is 0.0182. The molecule has 0 saturated heterocycles. The molecule has 2 aliphatic carbocycles. The Morgan fingerprint density at radius 3 is 1.36 bits per heavy atom. The van der Waals surface area contributed by atoms with Gasteiger partial charge in [0, 0.05) is 16.2 Å². The van der Waals surface area contributed by atoms with Crippen LogP contribution in [0.1, 0.15) is 22.3 Å². The molecule has 0 atom stereocenters. The third-order valence-corrected chi connectivity index (χ3v) is 12.9. The molecule has 2 aliphatic rings. The van der Waals surface area contributed by atoms with Crippen LogP contribution >= 0.6 is 0 Å². The minimum Gasteiger partial charge on any atom is -0.455 e. The Morgan fingerprint density at radius 2 is 0.768 bits per heavy atom. The van der Waals surface area contributed by atoms with Gasteiger partial charge in [0.15, 0.2) is 0 Å². The van der Waals surface area contributed by atoms with Crippen LogP contribution in [0.3, 0.4) is 0 Å². The highest BCUT2D eigenvalue weighted by molar-refractivity contribution is 6.23. The fourth-order valence-electron chi connectivity index (χ4n) is 10.7. The van der Waals surface area contributed by atoms with Gasteiger partial charge in [0.1, 0.15) is 11.2 Å². The van der Waals surface area contributed by atoms with Crippen LogP contribution in [0.2, 0.25) is 0 Å². The Balaban J connectivity index is 1.09. The first kappa shape index (κ1) is 30.1. The Bertz CT molecular complexity index is 3370. The smallest absolute Gasteiger partial charge is 0.143 e. The van der Waals surface area contributed by atoms with Gasteiger partial charge in [-0.2, -0.15) is 0 Å². The van der Waals surface area contributed by atoms with E-state index in [2.05, 4.69) is 194 Å². The zero-order valence-electron chi connectivity index (χ0n) is 30.4. The summed E-state index contributed by atoms with van der Waals surface area (Å²) >= 11 is 0. The van der Waals surface area contributed by atoms with Gasteiger partial charge in [0.2, 0.25) is 0 Å². The van der Waals surface area contributed by atoms with Crippen molar-refractivity contribution in [3.63, 3.8) is 0 Å². The lowest BCUT2D eigenvalue weighted by atomic mass is 9.70. The second kappa shape index (κ2) is 10.9. The van der Waals surface area contributed by atoms with Gasteiger partial charge in [-0.15, -0.1) is 0 Å². The Kier molecular flexibility index (Phi) is 5.89. The normalized spacial score (nSPS) is 13.5. The van der Waals surface area contributed by atoms with Crippen molar-refractivity contribution in [1.82, 2.24) is 0 Å². The number of furan rings is 1. The molecule has 10 aromatic carbocycles. The second-order valence-electron chi connectivity index (χ2n) is 15.5. The quantitative estimate of drug-likeness (QED) is 0.163. The molecule has 0 fully saturated rings. The maximum Gasteiger partial charge on any atom is 0.143 e. The summed E-state index contributed by atoms with van der Waals surface area (Å²) in [7, 11) is 0. The van der Waals surface area contributed by atoms with E-state index in [0.29, 0.717) is 0 Å². The summed E-state index contributed by atoms with van der Waals surface area (Å²) in [6.07, 6.45) is 0. The molecule has 0 aliphatic heterocycles. The third kappa shape index (κ3) is 3.75. The first-order valence-corrected chi connectivity index (χ1v) is 19.5. The van der Waals surface area contributed by atoms with E-state index in [4.69, 9.17) is 4.42 Å². The third-order valence-electron chi connectivity index (χ3n) is 12.9. The molecule has 1 heterocycles. The fourth-order valence-corrected chi connectivity index (χ4v) is 10.7. The van der Waals surface area contributed by atoms with Crippen LogP contribution in [0.15, 0.2) is 199 Å². The summed E-state index contributed by atoms with van der Waals surface area (Å²) in [6, 6.07) is 72.1. The monoisotopic (exact) mass is 708 g/mol. The van der Waals surface area contributed by atoms with Crippen LogP contribution in [0.25, 0.3) is 98.8 Å². The number of rotatable bonds is 2. The van der Waals surface area contributed by atoms with Gasteiger partial charge in [-0.05, 0) is 118 Å². The van der Waals surface area contributed by atoms with Crippen molar-refractivity contribution in [2.24, 2.45) is 0 Å². The van der Waals surface area contributed by atoms with Crippen molar-refractivity contribution in [3.8, 4) is 44.5 Å². The summed E-state index contributed by atoms with van der Waals surface area (Å²) < 4.78 is 6.55. The molecule has 1 spiro atoms. The lowest BCUT2D eigenvalue weighted by Gasteiger charge is -2.30. The molecule has 56 heavy (non-hydrogen) atoms. The molecule has 0 N–H and O–H groups in total. The van der Waals surface area contributed by atoms with E-state index in [0.717, 1.165) is 27.3 Å². The number of fused-ring (bicyclic) bond motifs is 17. The van der Waals surface area contributed by atoms with Crippen molar-refractivity contribution in [2.75, 3.05) is 0 Å². The van der Waals surface area contributed by atoms with Crippen LogP contribution in [-0.2, 0) is 5.41 Å². The highest BCUT2D eigenvalue weighted by Gasteiger charge is 2.51. The van der Waals surface area contributed by atoms with Gasteiger partial charge in [0.25, 0.3) is 0 Å². The summed E-state index contributed by atoms with van der Waals surface area (Å²) in [5.41, 5.74) is 17.2. The van der Waals surface area contributed by atoms with Crippen molar-refractivity contribution >= 4 is 54.3 Å². The van der Waals surface area contributed by atoms with Crippen molar-refractivity contribution < 1.29 is 4.42 Å². The molecule has 11 aromatic rings. The van der Waals surface area contributed by atoms with E-state index in [-0.39, 0.29) is 0 Å². The first-order chi connectivity index (χ1) is 27.8. The van der Waals surface area contributed by atoms with Crippen molar-refractivity contribution in [2.45, 2.75) is 5.41 Å². The molecule has 0 amide bonds. The van der Waals surface area contributed by atoms with Gasteiger partial charge < -0.3 is 4.42 Å². The van der Waals surface area contributed by atoms with Gasteiger partial charge >= 0.3 is 0 Å². The number of benzene rings is 10. The molecule has 0 bridgehead atoms. The van der Waals surface area contributed by atoms with Crippen LogP contribution in [0.4, 0.5) is 0 Å². The SMILES string of the molecule is c1ccc2c(c1)-c1ccccc1C21c2ccccc2-c2ccc(-c3c4ccccc4c(-c4ccc5oc6c7ccccc7ccc6c5c4)c4ccccc34)cc21. The van der Waals surface area contributed by atoms with E-state index in [1.165, 1.54) is 93.7 Å². The Morgan fingerprint density at radius 1 is 0.304 bits per heavy atom. The topological polar surface area (TPSA) is 13.1 Å². The van der Waals surface area contributed by atoms with E-state index < -0.39 is 5.41 Å². The predicted molar refractivity (Wildman–Crippen MR) is 233 cm³/mol. The average Bonchev–Trinajstić information content (AvgIpc) is 3.89. The van der Waals surface area contributed by atoms with E-state index in [1.807, 2.05) is 0 Å². The first-order valence-electron chi connectivity index (χ1n) is 19.5. The molecular formula is C55H32O. The standard InChI is InChI=1S/C55H32O/c1-2-14-36-33(13-1)25-29-45-46-31-34(27-30-51(46)56-54(36)45)52-41-18-3-5-20-43(41)53(44-21-6-4-19-42(44)52)35-26-28-40-39-17-9-12-24-49(39)55(50(40)32-35)47-22-10-7-15-37(47)38-16-8-11-23-48(38)55/h1-32H. The summed E-state index contributed by atoms with van der Waals surface area (Å²) in [5, 5.41) is 9.61. The van der Waals surface area contributed by atoms with Gasteiger partial charge in [0.05, 0.1) is 5.41 Å². The van der Waals surface area contributed by atoms with E-state index in [9.17, 15) is 0 Å². The Labute approximate surface area is 323 Å².